The second-order valence-corrected chi connectivity index (χ2v) is 8.13. The van der Waals surface area contributed by atoms with Gasteiger partial charge in [0.25, 0.3) is 10.0 Å². The van der Waals surface area contributed by atoms with Gasteiger partial charge in [0.2, 0.25) is 0 Å². The van der Waals surface area contributed by atoms with Crippen LogP contribution in [0.4, 0.5) is 14.5 Å². The Morgan fingerprint density at radius 3 is 2.70 bits per heavy atom. The Balaban J connectivity index is 1.75. The number of H-pyrrole nitrogens is 1. The lowest BCUT2D eigenvalue weighted by Crippen LogP contribution is -2.16. The number of aromatic nitrogens is 2. The van der Waals surface area contributed by atoms with Gasteiger partial charge in [-0.25, -0.2) is 22.2 Å². The maximum atomic E-state index is 15.1. The largest absolute Gasteiger partial charge is 0.872 e. The van der Waals surface area contributed by atoms with E-state index in [1.165, 1.54) is 30.6 Å². The zero-order valence-corrected chi connectivity index (χ0v) is 16.0. The van der Waals surface area contributed by atoms with Crippen LogP contribution >= 0.6 is 0 Å². The van der Waals surface area contributed by atoms with Gasteiger partial charge in [0, 0.05) is 23.3 Å². The highest BCUT2D eigenvalue weighted by molar-refractivity contribution is 7.92. The Morgan fingerprint density at radius 2 is 1.93 bits per heavy atom. The molecule has 0 amide bonds. The number of fused-ring (bicyclic) bond motifs is 1. The van der Waals surface area contributed by atoms with Gasteiger partial charge in [-0.2, -0.15) is 0 Å². The molecule has 0 fully saturated rings. The van der Waals surface area contributed by atoms with Crippen molar-refractivity contribution in [3.05, 3.63) is 83.7 Å². The van der Waals surface area contributed by atoms with Gasteiger partial charge in [0.15, 0.2) is 5.82 Å². The third kappa shape index (κ3) is 3.46. The van der Waals surface area contributed by atoms with Crippen LogP contribution in [0.2, 0.25) is 0 Å². The van der Waals surface area contributed by atoms with Crippen molar-refractivity contribution in [3.63, 3.8) is 0 Å². The molecule has 1 atom stereocenters. The van der Waals surface area contributed by atoms with Crippen LogP contribution in [0.15, 0.2) is 65.8 Å². The summed E-state index contributed by atoms with van der Waals surface area (Å²) in [5, 5.41) is 22.6. The van der Waals surface area contributed by atoms with Crippen LogP contribution in [-0.4, -0.2) is 23.5 Å². The molecule has 0 aliphatic heterocycles. The number of aliphatic hydroxyl groups excluding tert-OH is 1. The van der Waals surface area contributed by atoms with Crippen molar-refractivity contribution in [2.24, 2.45) is 0 Å². The topological polar surface area (TPSA) is 118 Å². The lowest BCUT2D eigenvalue weighted by molar-refractivity contribution is -0.268. The zero-order chi connectivity index (χ0) is 21.5. The number of hydrogen-bond donors (Lipinski definition) is 3. The fourth-order valence-electron chi connectivity index (χ4n) is 3.10. The number of nitrogens with one attached hydrogen (secondary N) is 2. The fraction of sp³-hybridized carbons (Fsp3) is 0.0500. The van der Waals surface area contributed by atoms with Crippen molar-refractivity contribution in [2.75, 3.05) is 4.72 Å². The van der Waals surface area contributed by atoms with Crippen LogP contribution in [0.25, 0.3) is 11.0 Å². The third-order valence-electron chi connectivity index (χ3n) is 4.54. The lowest BCUT2D eigenvalue weighted by atomic mass is 10.00. The van der Waals surface area contributed by atoms with Crippen molar-refractivity contribution >= 4 is 26.7 Å². The van der Waals surface area contributed by atoms with Gasteiger partial charge in [0.05, 0.1) is 16.1 Å². The molecule has 154 valence electrons. The number of rotatable bonds is 5. The van der Waals surface area contributed by atoms with E-state index in [1.54, 1.807) is 12.1 Å². The van der Waals surface area contributed by atoms with E-state index in [0.29, 0.717) is 11.0 Å². The van der Waals surface area contributed by atoms with Crippen molar-refractivity contribution in [1.29, 1.82) is 0 Å². The van der Waals surface area contributed by atoms with Crippen molar-refractivity contribution in [3.8, 4) is 5.75 Å². The van der Waals surface area contributed by atoms with Crippen LogP contribution in [0.1, 0.15) is 17.2 Å². The number of aliphatic hydroxyl groups is 1. The summed E-state index contributed by atoms with van der Waals surface area (Å²) in [6.07, 6.45) is 1.16. The van der Waals surface area contributed by atoms with Gasteiger partial charge < -0.3 is 15.2 Å². The second kappa shape index (κ2) is 7.39. The molecule has 4 aromatic rings. The van der Waals surface area contributed by atoms with E-state index in [0.717, 1.165) is 18.2 Å². The molecule has 0 radical (unpaired) electrons. The summed E-state index contributed by atoms with van der Waals surface area (Å²) in [6, 6.07) is 9.43. The number of hydrogen-bond acceptors (Lipinski definition) is 5. The molecule has 4 rings (SSSR count). The van der Waals surface area contributed by atoms with Crippen LogP contribution < -0.4 is 9.83 Å². The molecule has 2 heterocycles. The number of nitrogens with zero attached hydrogens (tertiary/aromatic N) is 1. The monoisotopic (exact) mass is 430 g/mol. The lowest BCUT2D eigenvalue weighted by Gasteiger charge is -2.16. The first-order valence-corrected chi connectivity index (χ1v) is 10.1. The number of anilines is 1. The van der Waals surface area contributed by atoms with Gasteiger partial charge in [-0.15, -0.1) is 5.75 Å². The number of benzene rings is 2. The Hall–Kier alpha value is -3.50. The SMILES string of the molecule is O=S(=O)(Nc1ccc(F)c(C(O)c2c[nH]c3ncccc23)c1F)c1cccc([O-])c1. The molecule has 0 saturated carbocycles. The molecule has 0 spiro atoms. The average molecular weight is 430 g/mol. The maximum Gasteiger partial charge on any atom is 0.261 e. The standard InChI is InChI=1S/C20H15F2N3O4S/c21-15-6-7-16(25-30(28,29)12-4-1-3-11(26)9-12)18(22)17(15)19(27)14-10-24-20-13(14)5-2-8-23-20/h1-10,19,25-27H,(H,23,24)/p-1. The van der Waals surface area contributed by atoms with Gasteiger partial charge in [-0.05, 0) is 36.4 Å². The van der Waals surface area contributed by atoms with Crippen molar-refractivity contribution in [2.45, 2.75) is 11.0 Å². The first-order chi connectivity index (χ1) is 14.3. The number of halogens is 2. The summed E-state index contributed by atoms with van der Waals surface area (Å²) in [5.41, 5.74) is -0.700. The van der Waals surface area contributed by atoms with Crippen LogP contribution in [0.3, 0.4) is 0 Å². The summed E-state index contributed by atoms with van der Waals surface area (Å²) in [4.78, 5) is 6.49. The molecule has 10 heteroatoms. The molecule has 0 saturated heterocycles. The number of pyridine rings is 1. The highest BCUT2D eigenvalue weighted by Crippen LogP contribution is 2.34. The first kappa shape index (κ1) is 19.8. The smallest absolute Gasteiger partial charge is 0.261 e. The summed E-state index contributed by atoms with van der Waals surface area (Å²) in [6.45, 7) is 0. The Kier molecular flexibility index (Phi) is 4.88. The quantitative estimate of drug-likeness (QED) is 0.450. The zero-order valence-electron chi connectivity index (χ0n) is 15.1. The normalized spacial score (nSPS) is 12.8. The number of aromatic amines is 1. The van der Waals surface area contributed by atoms with E-state index in [4.69, 9.17) is 0 Å². The Morgan fingerprint density at radius 1 is 1.13 bits per heavy atom. The summed E-state index contributed by atoms with van der Waals surface area (Å²) in [5.74, 6) is -2.87. The van der Waals surface area contributed by atoms with E-state index in [-0.39, 0.29) is 10.5 Å². The molecule has 0 aliphatic carbocycles. The highest BCUT2D eigenvalue weighted by Gasteiger charge is 2.26. The van der Waals surface area contributed by atoms with Gasteiger partial charge in [0.1, 0.15) is 17.6 Å². The minimum absolute atomic E-state index is 0.176. The van der Waals surface area contributed by atoms with Crippen LogP contribution in [-0.2, 0) is 10.0 Å². The first-order valence-electron chi connectivity index (χ1n) is 8.66. The second-order valence-electron chi connectivity index (χ2n) is 6.45. The molecule has 0 bridgehead atoms. The minimum atomic E-state index is -4.31. The van der Waals surface area contributed by atoms with E-state index < -0.39 is 44.8 Å². The molecule has 30 heavy (non-hydrogen) atoms. The summed E-state index contributed by atoms with van der Waals surface area (Å²) in [7, 11) is -4.31. The minimum Gasteiger partial charge on any atom is -0.872 e. The molecule has 2 aromatic heterocycles. The van der Waals surface area contributed by atoms with E-state index in [1.807, 2.05) is 4.72 Å². The van der Waals surface area contributed by atoms with Gasteiger partial charge in [-0.3, -0.25) is 4.72 Å². The molecular weight excluding hydrogens is 416 g/mol. The van der Waals surface area contributed by atoms with Gasteiger partial charge >= 0.3 is 0 Å². The summed E-state index contributed by atoms with van der Waals surface area (Å²) < 4.78 is 56.5. The fourth-order valence-corrected chi connectivity index (χ4v) is 4.20. The maximum absolute atomic E-state index is 15.1. The predicted octanol–water partition coefficient (Wildman–Crippen LogP) is 2.80. The molecule has 2 aromatic carbocycles. The molecular formula is C20H14F2N3O4S-. The Labute approximate surface area is 169 Å². The predicted molar refractivity (Wildman–Crippen MR) is 103 cm³/mol. The Bertz CT molecular complexity index is 1360. The van der Waals surface area contributed by atoms with Crippen molar-refractivity contribution in [1.82, 2.24) is 9.97 Å². The molecule has 1 unspecified atom stereocenters. The van der Waals surface area contributed by atoms with Crippen LogP contribution in [0.5, 0.6) is 5.75 Å². The van der Waals surface area contributed by atoms with Crippen LogP contribution in [0, 0.1) is 11.6 Å². The van der Waals surface area contributed by atoms with E-state index in [2.05, 4.69) is 9.97 Å². The molecule has 7 nitrogen and oxygen atoms in total. The highest BCUT2D eigenvalue weighted by atomic mass is 32.2. The third-order valence-corrected chi connectivity index (χ3v) is 5.90. The molecule has 3 N–H and O–H groups in total. The van der Waals surface area contributed by atoms with Crippen molar-refractivity contribution < 1.29 is 27.4 Å². The molecule has 0 aliphatic rings. The van der Waals surface area contributed by atoms with E-state index in [9.17, 15) is 23.0 Å². The van der Waals surface area contributed by atoms with Gasteiger partial charge in [-0.1, -0.05) is 12.1 Å². The average Bonchev–Trinajstić information content (AvgIpc) is 3.14. The number of sulfonamides is 1. The summed E-state index contributed by atoms with van der Waals surface area (Å²) >= 11 is 0. The van der Waals surface area contributed by atoms with E-state index >= 15 is 4.39 Å².